The van der Waals surface area contributed by atoms with Gasteiger partial charge >= 0.3 is 0 Å². The van der Waals surface area contributed by atoms with Gasteiger partial charge in [0.1, 0.15) is 12.2 Å². The van der Waals surface area contributed by atoms with Crippen molar-refractivity contribution in [3.05, 3.63) is 47.0 Å². The maximum Gasteiger partial charge on any atom is 0.149 e. The molecule has 112 valence electrons. The normalized spacial score (nSPS) is 20.8. The van der Waals surface area contributed by atoms with E-state index in [9.17, 15) is 5.11 Å². The molecule has 0 saturated carbocycles. The summed E-state index contributed by atoms with van der Waals surface area (Å²) in [6.07, 6.45) is 3.28. The summed E-state index contributed by atoms with van der Waals surface area (Å²) in [4.78, 5) is 2.26. The Labute approximate surface area is 129 Å². The van der Waals surface area contributed by atoms with Crippen LogP contribution in [0.2, 0.25) is 5.02 Å². The predicted molar refractivity (Wildman–Crippen MR) is 81.0 cm³/mol. The molecule has 2 atom stereocenters. The third-order valence-electron chi connectivity index (χ3n) is 4.08. The number of aromatic nitrogens is 3. The minimum absolute atomic E-state index is 0.217. The molecular weight excluding hydrogens is 288 g/mol. The van der Waals surface area contributed by atoms with E-state index in [2.05, 4.69) is 15.1 Å². The van der Waals surface area contributed by atoms with Crippen molar-refractivity contribution in [2.45, 2.75) is 25.0 Å². The standard InChI is InChI=1S/C15H19ClN4O/c1-19-10-17-18-15(19)13-7-4-8-20(13)9-14(21)11-5-2-3-6-12(11)16/h2-3,5-6,10,13-14,21H,4,7-9H2,1H3. The van der Waals surface area contributed by atoms with Gasteiger partial charge in [-0.05, 0) is 25.5 Å². The summed E-state index contributed by atoms with van der Waals surface area (Å²) >= 11 is 6.16. The first-order chi connectivity index (χ1) is 10.2. The number of β-amino-alcohol motifs (C(OH)–C–C–N with tert-alkyl or cyclic N) is 1. The van der Waals surface area contributed by atoms with Crippen LogP contribution in [-0.4, -0.2) is 37.9 Å². The average molecular weight is 307 g/mol. The topological polar surface area (TPSA) is 54.2 Å². The monoisotopic (exact) mass is 306 g/mol. The zero-order valence-electron chi connectivity index (χ0n) is 12.0. The number of rotatable bonds is 4. The highest BCUT2D eigenvalue weighted by Gasteiger charge is 2.31. The SMILES string of the molecule is Cn1cnnc1C1CCCN1CC(O)c1ccccc1Cl. The lowest BCUT2D eigenvalue weighted by molar-refractivity contribution is 0.103. The van der Waals surface area contributed by atoms with Crippen LogP contribution in [0, 0.1) is 0 Å². The Bertz CT molecular complexity index is 615. The molecule has 3 rings (SSSR count). The van der Waals surface area contributed by atoms with Crippen LogP contribution < -0.4 is 0 Å². The molecule has 1 aliphatic heterocycles. The van der Waals surface area contributed by atoms with Crippen molar-refractivity contribution < 1.29 is 5.11 Å². The number of likely N-dealkylation sites (tertiary alicyclic amines) is 1. The summed E-state index contributed by atoms with van der Waals surface area (Å²) in [5, 5.41) is 19.3. The highest BCUT2D eigenvalue weighted by molar-refractivity contribution is 6.31. The second-order valence-electron chi connectivity index (χ2n) is 5.49. The zero-order chi connectivity index (χ0) is 14.8. The maximum atomic E-state index is 10.5. The van der Waals surface area contributed by atoms with Gasteiger partial charge in [-0.3, -0.25) is 4.90 Å². The van der Waals surface area contributed by atoms with E-state index in [-0.39, 0.29) is 6.04 Å². The van der Waals surface area contributed by atoms with Crippen molar-refractivity contribution >= 4 is 11.6 Å². The number of hydrogen-bond donors (Lipinski definition) is 1. The van der Waals surface area contributed by atoms with Crippen molar-refractivity contribution in [1.82, 2.24) is 19.7 Å². The molecule has 1 aromatic heterocycles. The Hall–Kier alpha value is -1.43. The molecule has 0 amide bonds. The number of halogens is 1. The molecule has 0 bridgehead atoms. The summed E-state index contributed by atoms with van der Waals surface area (Å²) in [6.45, 7) is 1.51. The van der Waals surface area contributed by atoms with E-state index < -0.39 is 6.10 Å². The zero-order valence-corrected chi connectivity index (χ0v) is 12.7. The van der Waals surface area contributed by atoms with E-state index in [1.165, 1.54) is 0 Å². The first-order valence-electron chi connectivity index (χ1n) is 7.17. The van der Waals surface area contributed by atoms with E-state index in [0.29, 0.717) is 11.6 Å². The Balaban J connectivity index is 1.75. The predicted octanol–water partition coefficient (Wildman–Crippen LogP) is 2.34. The highest BCUT2D eigenvalue weighted by Crippen LogP contribution is 2.33. The van der Waals surface area contributed by atoms with Gasteiger partial charge in [0.15, 0.2) is 0 Å². The van der Waals surface area contributed by atoms with Gasteiger partial charge < -0.3 is 9.67 Å². The fourth-order valence-corrected chi connectivity index (χ4v) is 3.26. The molecule has 1 aliphatic rings. The number of aliphatic hydroxyl groups excluding tert-OH is 1. The smallest absolute Gasteiger partial charge is 0.149 e. The van der Waals surface area contributed by atoms with Crippen molar-refractivity contribution in [3.63, 3.8) is 0 Å². The van der Waals surface area contributed by atoms with Gasteiger partial charge in [0.05, 0.1) is 12.1 Å². The fourth-order valence-electron chi connectivity index (χ4n) is 3.00. The van der Waals surface area contributed by atoms with Crippen LogP contribution in [0.1, 0.15) is 36.4 Å². The quantitative estimate of drug-likeness (QED) is 0.942. The van der Waals surface area contributed by atoms with Gasteiger partial charge in [-0.25, -0.2) is 0 Å². The number of aryl methyl sites for hydroxylation is 1. The van der Waals surface area contributed by atoms with Crippen molar-refractivity contribution in [3.8, 4) is 0 Å². The molecule has 6 heteroatoms. The van der Waals surface area contributed by atoms with Crippen LogP contribution in [0.3, 0.4) is 0 Å². The van der Waals surface area contributed by atoms with Crippen molar-refractivity contribution in [2.24, 2.45) is 7.05 Å². The van der Waals surface area contributed by atoms with Crippen LogP contribution in [0.5, 0.6) is 0 Å². The van der Waals surface area contributed by atoms with Gasteiger partial charge in [0, 0.05) is 24.2 Å². The van der Waals surface area contributed by atoms with E-state index in [0.717, 1.165) is 30.8 Å². The van der Waals surface area contributed by atoms with Gasteiger partial charge in [0.25, 0.3) is 0 Å². The molecule has 21 heavy (non-hydrogen) atoms. The van der Waals surface area contributed by atoms with Crippen LogP contribution in [-0.2, 0) is 7.05 Å². The second kappa shape index (κ2) is 6.13. The summed E-state index contributed by atoms with van der Waals surface area (Å²) in [7, 11) is 1.95. The van der Waals surface area contributed by atoms with Crippen LogP contribution in [0.25, 0.3) is 0 Å². The van der Waals surface area contributed by atoms with E-state index in [4.69, 9.17) is 11.6 Å². The molecular formula is C15H19ClN4O. The minimum Gasteiger partial charge on any atom is -0.387 e. The Morgan fingerprint density at radius 2 is 2.24 bits per heavy atom. The van der Waals surface area contributed by atoms with Crippen LogP contribution in [0.15, 0.2) is 30.6 Å². The Morgan fingerprint density at radius 1 is 1.43 bits per heavy atom. The molecule has 1 fully saturated rings. The van der Waals surface area contributed by atoms with E-state index in [1.807, 2.05) is 35.9 Å². The first-order valence-corrected chi connectivity index (χ1v) is 7.55. The molecule has 5 nitrogen and oxygen atoms in total. The number of aliphatic hydroxyl groups is 1. The second-order valence-corrected chi connectivity index (χ2v) is 5.90. The molecule has 0 radical (unpaired) electrons. The molecule has 1 aromatic carbocycles. The highest BCUT2D eigenvalue weighted by atomic mass is 35.5. The van der Waals surface area contributed by atoms with Gasteiger partial charge in [-0.1, -0.05) is 29.8 Å². The van der Waals surface area contributed by atoms with Gasteiger partial charge in [0.2, 0.25) is 0 Å². The Morgan fingerprint density at radius 3 is 2.95 bits per heavy atom. The lowest BCUT2D eigenvalue weighted by atomic mass is 10.1. The van der Waals surface area contributed by atoms with Crippen molar-refractivity contribution in [1.29, 1.82) is 0 Å². The molecule has 1 saturated heterocycles. The minimum atomic E-state index is -0.590. The largest absolute Gasteiger partial charge is 0.387 e. The van der Waals surface area contributed by atoms with E-state index >= 15 is 0 Å². The van der Waals surface area contributed by atoms with Crippen molar-refractivity contribution in [2.75, 3.05) is 13.1 Å². The average Bonchev–Trinajstić information content (AvgIpc) is 3.07. The van der Waals surface area contributed by atoms with Gasteiger partial charge in [-0.2, -0.15) is 0 Å². The summed E-state index contributed by atoms with van der Waals surface area (Å²) < 4.78 is 1.95. The molecule has 2 aromatic rings. The summed E-state index contributed by atoms with van der Waals surface area (Å²) in [5.41, 5.74) is 0.780. The molecule has 1 N–H and O–H groups in total. The fraction of sp³-hybridized carbons (Fsp3) is 0.467. The van der Waals surface area contributed by atoms with Crippen LogP contribution >= 0.6 is 11.6 Å². The molecule has 2 unspecified atom stereocenters. The lowest BCUT2D eigenvalue weighted by Gasteiger charge is -2.26. The molecule has 2 heterocycles. The third kappa shape index (κ3) is 2.95. The number of nitrogens with zero attached hydrogens (tertiary/aromatic N) is 4. The number of hydrogen-bond acceptors (Lipinski definition) is 4. The summed E-state index contributed by atoms with van der Waals surface area (Å²) in [6, 6.07) is 7.67. The van der Waals surface area contributed by atoms with E-state index in [1.54, 1.807) is 6.33 Å². The Kier molecular flexibility index (Phi) is 4.24. The maximum absolute atomic E-state index is 10.5. The lowest BCUT2D eigenvalue weighted by Crippen LogP contribution is -2.30. The summed E-state index contributed by atoms with van der Waals surface area (Å²) in [5.74, 6) is 0.957. The first kappa shape index (κ1) is 14.5. The molecule has 0 aliphatic carbocycles. The molecule has 0 spiro atoms. The van der Waals surface area contributed by atoms with Gasteiger partial charge in [-0.15, -0.1) is 10.2 Å². The number of benzene rings is 1. The third-order valence-corrected chi connectivity index (χ3v) is 4.42. The van der Waals surface area contributed by atoms with Crippen LogP contribution in [0.4, 0.5) is 0 Å².